The van der Waals surface area contributed by atoms with Gasteiger partial charge in [-0.2, -0.15) is 0 Å². The lowest BCUT2D eigenvalue weighted by atomic mass is 10.1. The lowest BCUT2D eigenvalue weighted by Gasteiger charge is -2.17. The van der Waals surface area contributed by atoms with Crippen LogP contribution >= 0.6 is 0 Å². The fraction of sp³-hybridized carbons (Fsp3) is 0.267. The molecule has 1 aromatic carbocycles. The van der Waals surface area contributed by atoms with Crippen molar-refractivity contribution in [3.05, 3.63) is 42.5 Å². The molecule has 0 spiro atoms. The monoisotopic (exact) mass is 290 g/mol. The first kappa shape index (κ1) is 16.6. The average molecular weight is 290 g/mol. The van der Waals surface area contributed by atoms with Crippen LogP contribution in [0.3, 0.4) is 0 Å². The van der Waals surface area contributed by atoms with Gasteiger partial charge in [-0.25, -0.2) is 0 Å². The van der Waals surface area contributed by atoms with Crippen molar-refractivity contribution in [2.24, 2.45) is 0 Å². The molecule has 0 saturated heterocycles. The number of nitrogens with one attached hydrogen (secondary N) is 1. The molecule has 0 bridgehead atoms. The summed E-state index contributed by atoms with van der Waals surface area (Å²) in [5.41, 5.74) is 1.12. The van der Waals surface area contributed by atoms with Crippen LogP contribution in [0.1, 0.15) is 17.3 Å². The van der Waals surface area contributed by atoms with Crippen LogP contribution in [-0.2, 0) is 9.59 Å². The van der Waals surface area contributed by atoms with Crippen LogP contribution in [0.2, 0.25) is 0 Å². The van der Waals surface area contributed by atoms with Crippen LogP contribution in [0.25, 0.3) is 0 Å². The van der Waals surface area contributed by atoms with Crippen molar-refractivity contribution in [1.29, 1.82) is 0 Å². The Morgan fingerprint density at radius 3 is 2.33 bits per heavy atom. The van der Waals surface area contributed by atoms with Gasteiger partial charge >= 0.3 is 5.97 Å². The second-order valence-electron chi connectivity index (χ2n) is 4.53. The maximum absolute atomic E-state index is 11.9. The molecular weight excluding hydrogens is 272 g/mol. The van der Waals surface area contributed by atoms with E-state index in [-0.39, 0.29) is 24.8 Å². The van der Waals surface area contributed by atoms with Gasteiger partial charge in [0.2, 0.25) is 5.91 Å². The normalized spacial score (nSPS) is 10.2. The number of carboxylic acid groups (broad SMARTS) is 1. The van der Waals surface area contributed by atoms with E-state index >= 15 is 0 Å². The van der Waals surface area contributed by atoms with Gasteiger partial charge in [-0.3, -0.25) is 19.3 Å². The van der Waals surface area contributed by atoms with Crippen molar-refractivity contribution in [3.63, 3.8) is 0 Å². The third kappa shape index (κ3) is 6.01. The maximum Gasteiger partial charge on any atom is 0.317 e. The predicted molar refractivity (Wildman–Crippen MR) is 79.3 cm³/mol. The zero-order valence-electron chi connectivity index (χ0n) is 11.8. The van der Waals surface area contributed by atoms with Gasteiger partial charge in [-0.1, -0.05) is 6.08 Å². The molecule has 6 heteroatoms. The molecule has 1 amide bonds. The van der Waals surface area contributed by atoms with Crippen LogP contribution in [-0.4, -0.2) is 47.3 Å². The highest BCUT2D eigenvalue weighted by Gasteiger charge is 2.13. The number of ketones is 1. The highest BCUT2D eigenvalue weighted by Crippen LogP contribution is 2.10. The number of amides is 1. The molecule has 0 atom stereocenters. The number of benzene rings is 1. The standard InChI is InChI=1S/C15H18N2O4/c1-3-8-17(10-15(20)21)9-14(19)16-13-6-4-12(5-7-13)11(2)18/h3-7H,1,8-10H2,2H3,(H,16,19)(H,20,21). The topological polar surface area (TPSA) is 86.7 Å². The van der Waals surface area contributed by atoms with Crippen molar-refractivity contribution in [2.45, 2.75) is 6.92 Å². The first-order valence-corrected chi connectivity index (χ1v) is 6.38. The maximum atomic E-state index is 11.9. The van der Waals surface area contributed by atoms with Gasteiger partial charge in [0.15, 0.2) is 5.78 Å². The zero-order valence-corrected chi connectivity index (χ0v) is 11.8. The van der Waals surface area contributed by atoms with Crippen LogP contribution in [0.5, 0.6) is 0 Å². The molecule has 2 N–H and O–H groups in total. The molecule has 112 valence electrons. The quantitative estimate of drug-likeness (QED) is 0.558. The Morgan fingerprint density at radius 2 is 1.86 bits per heavy atom. The van der Waals surface area contributed by atoms with Crippen LogP contribution in [0.4, 0.5) is 5.69 Å². The molecule has 0 aliphatic rings. The molecule has 0 unspecified atom stereocenters. The smallest absolute Gasteiger partial charge is 0.317 e. The van der Waals surface area contributed by atoms with Crippen molar-refractivity contribution in [2.75, 3.05) is 25.0 Å². The van der Waals surface area contributed by atoms with E-state index in [0.29, 0.717) is 17.8 Å². The fourth-order valence-corrected chi connectivity index (χ4v) is 1.75. The average Bonchev–Trinajstić information content (AvgIpc) is 2.38. The minimum atomic E-state index is -1.00. The Morgan fingerprint density at radius 1 is 1.24 bits per heavy atom. The number of Topliss-reactive ketones (excluding diaryl/α,β-unsaturated/α-hetero) is 1. The second-order valence-corrected chi connectivity index (χ2v) is 4.53. The van der Waals surface area contributed by atoms with Crippen molar-refractivity contribution < 1.29 is 19.5 Å². The summed E-state index contributed by atoms with van der Waals surface area (Å²) in [6.45, 7) is 5.02. The first-order valence-electron chi connectivity index (χ1n) is 6.38. The number of carbonyl (C=O) groups is 3. The summed E-state index contributed by atoms with van der Waals surface area (Å²) in [6.07, 6.45) is 1.54. The van der Waals surface area contributed by atoms with Crippen molar-refractivity contribution >= 4 is 23.3 Å². The number of carbonyl (C=O) groups excluding carboxylic acids is 2. The number of anilines is 1. The summed E-state index contributed by atoms with van der Waals surface area (Å²) in [5.74, 6) is -1.38. The molecule has 0 fully saturated rings. The molecular formula is C15H18N2O4. The molecule has 0 saturated carbocycles. The van der Waals surface area contributed by atoms with Crippen LogP contribution in [0, 0.1) is 0 Å². The molecule has 0 aromatic heterocycles. The Hall–Kier alpha value is -2.47. The van der Waals surface area contributed by atoms with Gasteiger partial charge in [-0.15, -0.1) is 6.58 Å². The van der Waals surface area contributed by atoms with E-state index in [4.69, 9.17) is 5.11 Å². The molecule has 1 aromatic rings. The molecule has 0 aliphatic heterocycles. The van der Waals surface area contributed by atoms with Crippen molar-refractivity contribution in [3.8, 4) is 0 Å². The van der Waals surface area contributed by atoms with Crippen LogP contribution < -0.4 is 5.32 Å². The minimum Gasteiger partial charge on any atom is -0.480 e. The summed E-state index contributed by atoms with van der Waals surface area (Å²) in [5, 5.41) is 11.4. The van der Waals surface area contributed by atoms with Crippen molar-refractivity contribution in [1.82, 2.24) is 4.90 Å². The Kier molecular flexibility index (Phi) is 6.29. The minimum absolute atomic E-state index is 0.0488. The summed E-state index contributed by atoms with van der Waals surface area (Å²) in [6, 6.07) is 6.50. The molecule has 0 heterocycles. The van der Waals surface area contributed by atoms with Crippen LogP contribution in [0.15, 0.2) is 36.9 Å². The summed E-state index contributed by atoms with van der Waals surface area (Å²) < 4.78 is 0. The number of carboxylic acids is 1. The number of rotatable bonds is 8. The molecule has 21 heavy (non-hydrogen) atoms. The van der Waals surface area contributed by atoms with E-state index in [0.717, 1.165) is 0 Å². The SMILES string of the molecule is C=CCN(CC(=O)O)CC(=O)Nc1ccc(C(C)=O)cc1. The van der Waals surface area contributed by atoms with Gasteiger partial charge in [-0.05, 0) is 31.2 Å². The van der Waals surface area contributed by atoms with E-state index in [2.05, 4.69) is 11.9 Å². The van der Waals surface area contributed by atoms with E-state index in [1.54, 1.807) is 24.3 Å². The molecule has 6 nitrogen and oxygen atoms in total. The Labute approximate surface area is 123 Å². The van der Waals surface area contributed by atoms with Gasteiger partial charge < -0.3 is 10.4 Å². The fourth-order valence-electron chi connectivity index (χ4n) is 1.75. The van der Waals surface area contributed by atoms with E-state index in [1.807, 2.05) is 0 Å². The molecule has 0 radical (unpaired) electrons. The van der Waals surface area contributed by atoms with E-state index in [9.17, 15) is 14.4 Å². The number of hydrogen-bond donors (Lipinski definition) is 2. The molecule has 0 aliphatic carbocycles. The summed E-state index contributed by atoms with van der Waals surface area (Å²) in [4.78, 5) is 35.1. The third-order valence-corrected chi connectivity index (χ3v) is 2.69. The first-order chi connectivity index (χ1) is 9.92. The largest absolute Gasteiger partial charge is 0.480 e. The Bertz CT molecular complexity index is 537. The zero-order chi connectivity index (χ0) is 15.8. The predicted octanol–water partition coefficient (Wildman–Crippen LogP) is 1.40. The highest BCUT2D eigenvalue weighted by atomic mass is 16.4. The molecule has 1 rings (SSSR count). The van der Waals surface area contributed by atoms with Gasteiger partial charge in [0, 0.05) is 17.8 Å². The lowest BCUT2D eigenvalue weighted by molar-refractivity contribution is -0.138. The number of nitrogens with zero attached hydrogens (tertiary/aromatic N) is 1. The number of aliphatic carboxylic acids is 1. The highest BCUT2D eigenvalue weighted by molar-refractivity contribution is 5.96. The van der Waals surface area contributed by atoms with Gasteiger partial charge in [0.25, 0.3) is 0 Å². The van der Waals surface area contributed by atoms with E-state index in [1.165, 1.54) is 17.9 Å². The van der Waals surface area contributed by atoms with E-state index < -0.39 is 5.97 Å². The lowest BCUT2D eigenvalue weighted by Crippen LogP contribution is -2.37. The van der Waals surface area contributed by atoms with Gasteiger partial charge in [0.1, 0.15) is 0 Å². The van der Waals surface area contributed by atoms with Gasteiger partial charge in [0.05, 0.1) is 13.1 Å². The number of hydrogen-bond acceptors (Lipinski definition) is 4. The third-order valence-electron chi connectivity index (χ3n) is 2.69. The summed E-state index contributed by atoms with van der Waals surface area (Å²) >= 11 is 0. The second kappa shape index (κ2) is 7.96. The summed E-state index contributed by atoms with van der Waals surface area (Å²) in [7, 11) is 0. The Balaban J connectivity index is 2.60.